The van der Waals surface area contributed by atoms with E-state index in [2.05, 4.69) is 6.58 Å². The number of hydrogen-bond acceptors (Lipinski definition) is 6. The van der Waals surface area contributed by atoms with Gasteiger partial charge in [0.25, 0.3) is 0 Å². The van der Waals surface area contributed by atoms with E-state index in [1.165, 1.54) is 0 Å². The molecule has 1 heterocycles. The summed E-state index contributed by atoms with van der Waals surface area (Å²) in [7, 11) is -2.05. The van der Waals surface area contributed by atoms with Crippen molar-refractivity contribution in [2.75, 3.05) is 65.9 Å². The molecule has 0 radical (unpaired) electrons. The Balaban J connectivity index is 2.28. The second kappa shape index (κ2) is 11.4. The van der Waals surface area contributed by atoms with Gasteiger partial charge in [0.1, 0.15) is 6.79 Å². The highest BCUT2D eigenvalue weighted by molar-refractivity contribution is 6.77. The summed E-state index contributed by atoms with van der Waals surface area (Å²) in [6.07, 6.45) is 0.552. The number of rotatable bonds is 1. The molecule has 0 spiro atoms. The van der Waals surface area contributed by atoms with Crippen LogP contribution in [0.15, 0.2) is 12.3 Å². The molecule has 1 aliphatic heterocycles. The molecule has 0 saturated carbocycles. The van der Waals surface area contributed by atoms with Crippen LogP contribution in [0.4, 0.5) is 0 Å². The quantitative estimate of drug-likeness (QED) is 0.671. The van der Waals surface area contributed by atoms with Gasteiger partial charge in [0.2, 0.25) is 8.32 Å². The Labute approximate surface area is 122 Å². The fourth-order valence-electron chi connectivity index (χ4n) is 1.45. The molecule has 0 bridgehead atoms. The van der Waals surface area contributed by atoms with Crippen LogP contribution in [0.2, 0.25) is 6.55 Å². The summed E-state index contributed by atoms with van der Waals surface area (Å²) >= 11 is 0. The van der Waals surface area contributed by atoms with Crippen molar-refractivity contribution in [1.29, 1.82) is 0 Å². The molecule has 1 atom stereocenters. The van der Waals surface area contributed by atoms with E-state index in [1.54, 1.807) is 0 Å². The maximum Gasteiger partial charge on any atom is 0.241 e. The molecule has 0 aromatic heterocycles. The summed E-state index contributed by atoms with van der Waals surface area (Å²) < 4.78 is 32.8. The van der Waals surface area contributed by atoms with Crippen LogP contribution in [0.5, 0.6) is 0 Å². The molecule has 20 heavy (non-hydrogen) atoms. The van der Waals surface area contributed by atoms with Gasteiger partial charge in [-0.3, -0.25) is 0 Å². The Hall–Kier alpha value is -0.283. The second-order valence-corrected chi connectivity index (χ2v) is 8.19. The van der Waals surface area contributed by atoms with Crippen LogP contribution in [0.25, 0.3) is 0 Å². The minimum atomic E-state index is -2.05. The van der Waals surface area contributed by atoms with E-state index in [0.717, 1.165) is 0 Å². The van der Waals surface area contributed by atoms with E-state index >= 15 is 0 Å². The molecule has 1 saturated heterocycles. The van der Waals surface area contributed by atoms with E-state index < -0.39 is 8.32 Å². The third kappa shape index (κ3) is 8.80. The predicted molar refractivity (Wildman–Crippen MR) is 77.0 cm³/mol. The Kier molecular flexibility index (Phi) is 10.1. The van der Waals surface area contributed by atoms with Crippen molar-refractivity contribution in [2.45, 2.75) is 6.55 Å². The first-order valence-corrected chi connectivity index (χ1v) is 9.62. The van der Waals surface area contributed by atoms with Crippen molar-refractivity contribution in [3.8, 4) is 0 Å². The molecular weight excluding hydrogens is 280 g/mol. The van der Waals surface area contributed by atoms with Crippen LogP contribution in [0.3, 0.4) is 0 Å². The lowest BCUT2D eigenvalue weighted by atomic mass is 10.7. The summed E-state index contributed by atoms with van der Waals surface area (Å²) in [5.41, 5.74) is 1.86. The average Bonchev–Trinajstić information content (AvgIpc) is 2.46. The van der Waals surface area contributed by atoms with Crippen LogP contribution in [-0.4, -0.2) is 74.2 Å². The predicted octanol–water partition coefficient (Wildman–Crippen LogP) is 0.897. The molecule has 7 heteroatoms. The molecule has 6 nitrogen and oxygen atoms in total. The van der Waals surface area contributed by atoms with E-state index in [-0.39, 0.29) is 6.79 Å². The Morgan fingerprint density at radius 2 is 1.20 bits per heavy atom. The molecule has 118 valence electrons. The molecule has 0 aromatic rings. The molecule has 1 rings (SSSR count). The van der Waals surface area contributed by atoms with Crippen LogP contribution >= 0.6 is 0 Å². The van der Waals surface area contributed by atoms with E-state index in [0.29, 0.717) is 59.1 Å². The van der Waals surface area contributed by atoms with E-state index in [1.807, 2.05) is 12.2 Å². The van der Waals surface area contributed by atoms with Crippen molar-refractivity contribution < 1.29 is 28.1 Å². The first kappa shape index (κ1) is 17.8. The molecule has 1 fully saturated rings. The molecule has 0 aliphatic carbocycles. The molecule has 0 N–H and O–H groups in total. The summed E-state index contributed by atoms with van der Waals surface area (Å²) in [5.74, 6) is 0. The average molecular weight is 306 g/mol. The van der Waals surface area contributed by atoms with Crippen molar-refractivity contribution in [2.24, 2.45) is 0 Å². The van der Waals surface area contributed by atoms with Gasteiger partial charge in [-0.25, -0.2) is 0 Å². The molecule has 0 amide bonds. The Bertz CT molecular complexity index is 233. The van der Waals surface area contributed by atoms with Crippen molar-refractivity contribution >= 4 is 8.32 Å². The molecule has 0 aromatic carbocycles. The lowest BCUT2D eigenvalue weighted by Gasteiger charge is -2.23. The summed E-state index contributed by atoms with van der Waals surface area (Å²) in [6, 6.07) is 0. The Morgan fingerprint density at radius 1 is 0.750 bits per heavy atom. The summed E-state index contributed by atoms with van der Waals surface area (Å²) in [4.78, 5) is 0. The summed E-state index contributed by atoms with van der Waals surface area (Å²) in [5, 5.41) is 0. The van der Waals surface area contributed by atoms with Gasteiger partial charge in [-0.2, -0.15) is 0 Å². The Morgan fingerprint density at radius 3 is 1.70 bits per heavy atom. The highest BCUT2D eigenvalue weighted by atomic mass is 28.4. The maximum absolute atomic E-state index is 5.76. The third-order valence-electron chi connectivity index (χ3n) is 2.78. The largest absolute Gasteiger partial charge is 0.389 e. The smallest absolute Gasteiger partial charge is 0.241 e. The van der Waals surface area contributed by atoms with Gasteiger partial charge in [0, 0.05) is 0 Å². The number of ether oxygens (including phenoxy) is 5. The van der Waals surface area contributed by atoms with E-state index in [4.69, 9.17) is 28.1 Å². The van der Waals surface area contributed by atoms with Crippen LogP contribution in [0.1, 0.15) is 0 Å². The minimum Gasteiger partial charge on any atom is -0.389 e. The normalized spacial score (nSPS) is 29.4. The van der Waals surface area contributed by atoms with Gasteiger partial charge in [-0.05, 0) is 6.55 Å². The lowest BCUT2D eigenvalue weighted by Crippen LogP contribution is -2.40. The maximum atomic E-state index is 5.76. The minimum absolute atomic E-state index is 0.245. The fourth-order valence-corrected chi connectivity index (χ4v) is 2.67. The zero-order valence-corrected chi connectivity index (χ0v) is 13.3. The topological polar surface area (TPSA) is 55.4 Å². The SMILES string of the molecule is C=C[Si]1(C)COCCOCCOCCOCCOCO1. The van der Waals surface area contributed by atoms with Crippen LogP contribution in [-0.2, 0) is 28.1 Å². The molecular formula is C13H26O6Si. The third-order valence-corrected chi connectivity index (χ3v) is 5.20. The van der Waals surface area contributed by atoms with Gasteiger partial charge >= 0.3 is 0 Å². The van der Waals surface area contributed by atoms with Crippen molar-refractivity contribution in [3.63, 3.8) is 0 Å². The highest BCUT2D eigenvalue weighted by Crippen LogP contribution is 2.07. The zero-order chi connectivity index (χ0) is 14.5. The van der Waals surface area contributed by atoms with Crippen molar-refractivity contribution in [3.05, 3.63) is 12.3 Å². The van der Waals surface area contributed by atoms with Gasteiger partial charge in [0.05, 0.1) is 59.1 Å². The van der Waals surface area contributed by atoms with E-state index in [9.17, 15) is 0 Å². The first-order valence-electron chi connectivity index (χ1n) is 6.93. The molecule has 1 unspecified atom stereocenters. The zero-order valence-electron chi connectivity index (χ0n) is 12.3. The van der Waals surface area contributed by atoms with Gasteiger partial charge < -0.3 is 28.1 Å². The molecule has 1 aliphatic rings. The van der Waals surface area contributed by atoms with Crippen LogP contribution in [0, 0.1) is 0 Å². The van der Waals surface area contributed by atoms with Crippen molar-refractivity contribution in [1.82, 2.24) is 0 Å². The highest BCUT2D eigenvalue weighted by Gasteiger charge is 2.25. The first-order chi connectivity index (χ1) is 9.77. The van der Waals surface area contributed by atoms with Gasteiger partial charge in [-0.15, -0.1) is 6.58 Å². The fraction of sp³-hybridized carbons (Fsp3) is 0.846. The second-order valence-electron chi connectivity index (χ2n) is 4.58. The van der Waals surface area contributed by atoms with Crippen LogP contribution < -0.4 is 0 Å². The lowest BCUT2D eigenvalue weighted by molar-refractivity contribution is -0.0324. The van der Waals surface area contributed by atoms with Gasteiger partial charge in [-0.1, -0.05) is 5.70 Å². The van der Waals surface area contributed by atoms with Gasteiger partial charge in [0.15, 0.2) is 0 Å². The number of hydrogen-bond donors (Lipinski definition) is 0. The summed E-state index contributed by atoms with van der Waals surface area (Å²) in [6.45, 7) is 10.5. The monoisotopic (exact) mass is 306 g/mol. The standard InChI is InChI=1S/C13H26O6Si/c1-3-20(2)13-18-11-9-16-7-5-14-4-6-15-8-10-17-12-19-20/h3H,1,4-13H2,2H3.